The molecule has 1 fully saturated rings. The summed E-state index contributed by atoms with van der Waals surface area (Å²) in [6.07, 6.45) is 3.47. The standard InChI is InChI=1S/C19H26N4O2S/c1-26-12-7-20-19(24)17-15-25-18(21-17)14-23-10-8-22(9-11-23)13-16-5-3-2-4-6-16/h2-6,15H,7-14H2,1H3,(H,20,24). The van der Waals surface area contributed by atoms with Crippen molar-refractivity contribution >= 4 is 17.7 Å². The van der Waals surface area contributed by atoms with Gasteiger partial charge in [0, 0.05) is 45.0 Å². The summed E-state index contributed by atoms with van der Waals surface area (Å²) < 4.78 is 5.48. The van der Waals surface area contributed by atoms with E-state index in [4.69, 9.17) is 4.42 Å². The summed E-state index contributed by atoms with van der Waals surface area (Å²) in [5.41, 5.74) is 1.72. The fourth-order valence-corrected chi connectivity index (χ4v) is 3.29. The summed E-state index contributed by atoms with van der Waals surface area (Å²) in [5, 5.41) is 2.84. The summed E-state index contributed by atoms with van der Waals surface area (Å²) >= 11 is 1.70. The number of amides is 1. The molecule has 7 heteroatoms. The van der Waals surface area contributed by atoms with Crippen molar-refractivity contribution in [2.24, 2.45) is 0 Å². The predicted molar refractivity (Wildman–Crippen MR) is 104 cm³/mol. The van der Waals surface area contributed by atoms with Crippen LogP contribution in [0.15, 0.2) is 41.0 Å². The lowest BCUT2D eigenvalue weighted by Crippen LogP contribution is -2.45. The zero-order valence-corrected chi connectivity index (χ0v) is 16.0. The maximum Gasteiger partial charge on any atom is 0.273 e. The van der Waals surface area contributed by atoms with Crippen LogP contribution in [-0.4, -0.2) is 65.4 Å². The minimum Gasteiger partial charge on any atom is -0.447 e. The molecule has 1 aromatic carbocycles. The van der Waals surface area contributed by atoms with E-state index >= 15 is 0 Å². The van der Waals surface area contributed by atoms with E-state index in [-0.39, 0.29) is 5.91 Å². The van der Waals surface area contributed by atoms with Crippen LogP contribution >= 0.6 is 11.8 Å². The Hall–Kier alpha value is -1.83. The van der Waals surface area contributed by atoms with Crippen LogP contribution < -0.4 is 5.32 Å². The summed E-state index contributed by atoms with van der Waals surface area (Å²) in [4.78, 5) is 21.1. The van der Waals surface area contributed by atoms with Gasteiger partial charge in [0.05, 0.1) is 6.54 Å². The molecule has 0 saturated carbocycles. The number of benzene rings is 1. The van der Waals surface area contributed by atoms with E-state index in [1.807, 2.05) is 6.26 Å². The average Bonchev–Trinajstić information content (AvgIpc) is 3.13. The SMILES string of the molecule is CSCCNC(=O)c1coc(CN2CCN(Cc3ccccc3)CC2)n1. The van der Waals surface area contributed by atoms with Crippen molar-refractivity contribution in [2.75, 3.05) is 44.7 Å². The summed E-state index contributed by atoms with van der Waals surface area (Å²) in [6, 6.07) is 10.6. The van der Waals surface area contributed by atoms with Gasteiger partial charge in [0.25, 0.3) is 5.91 Å². The van der Waals surface area contributed by atoms with Crippen LogP contribution in [0.1, 0.15) is 21.9 Å². The van der Waals surface area contributed by atoms with Gasteiger partial charge in [-0.25, -0.2) is 4.98 Å². The number of carbonyl (C=O) groups is 1. The summed E-state index contributed by atoms with van der Waals surface area (Å²) in [5.74, 6) is 1.34. The Kier molecular flexibility index (Phi) is 7.11. The van der Waals surface area contributed by atoms with Gasteiger partial charge in [0.2, 0.25) is 5.89 Å². The number of nitrogens with zero attached hydrogens (tertiary/aromatic N) is 3. The lowest BCUT2D eigenvalue weighted by Gasteiger charge is -2.34. The minimum atomic E-state index is -0.165. The van der Waals surface area contributed by atoms with Crippen molar-refractivity contribution < 1.29 is 9.21 Å². The lowest BCUT2D eigenvalue weighted by molar-refractivity contribution is 0.0951. The number of thioether (sulfide) groups is 1. The molecule has 6 nitrogen and oxygen atoms in total. The summed E-state index contributed by atoms with van der Waals surface area (Å²) in [6.45, 7) is 6.29. The Labute approximate surface area is 159 Å². The molecule has 140 valence electrons. The quantitative estimate of drug-likeness (QED) is 0.714. The Morgan fingerprint density at radius 1 is 1.15 bits per heavy atom. The molecule has 0 unspecified atom stereocenters. The van der Waals surface area contributed by atoms with Gasteiger partial charge >= 0.3 is 0 Å². The van der Waals surface area contributed by atoms with E-state index in [0.29, 0.717) is 24.7 Å². The van der Waals surface area contributed by atoms with Gasteiger partial charge in [-0.3, -0.25) is 14.6 Å². The van der Waals surface area contributed by atoms with Crippen molar-refractivity contribution in [3.63, 3.8) is 0 Å². The first kappa shape index (κ1) is 18.9. The topological polar surface area (TPSA) is 61.6 Å². The number of piperazine rings is 1. The number of hydrogen-bond donors (Lipinski definition) is 1. The minimum absolute atomic E-state index is 0.165. The van der Waals surface area contributed by atoms with Gasteiger partial charge in [-0.2, -0.15) is 11.8 Å². The maximum atomic E-state index is 12.0. The second-order valence-electron chi connectivity index (χ2n) is 6.41. The highest BCUT2D eigenvalue weighted by Crippen LogP contribution is 2.11. The third kappa shape index (κ3) is 5.59. The van der Waals surface area contributed by atoms with Crippen LogP contribution in [0, 0.1) is 0 Å². The predicted octanol–water partition coefficient (Wildman–Crippen LogP) is 2.09. The molecule has 1 aliphatic rings. The normalized spacial score (nSPS) is 15.9. The zero-order chi connectivity index (χ0) is 18.2. The second-order valence-corrected chi connectivity index (χ2v) is 7.40. The molecule has 1 N–H and O–H groups in total. The van der Waals surface area contributed by atoms with Gasteiger partial charge in [-0.05, 0) is 11.8 Å². The number of carbonyl (C=O) groups excluding carboxylic acids is 1. The van der Waals surface area contributed by atoms with Crippen LogP contribution in [0.5, 0.6) is 0 Å². The van der Waals surface area contributed by atoms with E-state index in [1.165, 1.54) is 11.8 Å². The smallest absolute Gasteiger partial charge is 0.273 e. The van der Waals surface area contributed by atoms with Gasteiger partial charge in [0.1, 0.15) is 6.26 Å². The van der Waals surface area contributed by atoms with Gasteiger partial charge in [0.15, 0.2) is 5.69 Å². The van der Waals surface area contributed by atoms with Crippen LogP contribution in [0.4, 0.5) is 0 Å². The number of oxazole rings is 1. The average molecular weight is 375 g/mol. The van der Waals surface area contributed by atoms with E-state index in [0.717, 1.165) is 38.5 Å². The van der Waals surface area contributed by atoms with Crippen molar-refractivity contribution in [3.8, 4) is 0 Å². The monoisotopic (exact) mass is 374 g/mol. The molecule has 26 heavy (non-hydrogen) atoms. The molecule has 0 radical (unpaired) electrons. The van der Waals surface area contributed by atoms with Gasteiger partial charge in [-0.15, -0.1) is 0 Å². The highest BCUT2D eigenvalue weighted by Gasteiger charge is 2.19. The van der Waals surface area contributed by atoms with Crippen molar-refractivity contribution in [2.45, 2.75) is 13.1 Å². The molecule has 1 amide bonds. The number of nitrogens with one attached hydrogen (secondary N) is 1. The van der Waals surface area contributed by atoms with E-state index in [2.05, 4.69) is 50.4 Å². The fourth-order valence-electron chi connectivity index (χ4n) is 2.98. The Morgan fingerprint density at radius 3 is 2.54 bits per heavy atom. The molecule has 3 rings (SSSR count). The molecule has 0 atom stereocenters. The molecule has 0 aliphatic carbocycles. The third-order valence-corrected chi connectivity index (χ3v) is 5.06. The first-order valence-electron chi connectivity index (χ1n) is 8.95. The van der Waals surface area contributed by atoms with Gasteiger partial charge in [-0.1, -0.05) is 30.3 Å². The Morgan fingerprint density at radius 2 is 1.85 bits per heavy atom. The molecule has 1 aliphatic heterocycles. The molecule has 0 spiro atoms. The number of aromatic nitrogens is 1. The largest absolute Gasteiger partial charge is 0.447 e. The van der Waals surface area contributed by atoms with Crippen LogP contribution in [0.2, 0.25) is 0 Å². The molecule has 1 saturated heterocycles. The third-order valence-electron chi connectivity index (χ3n) is 4.45. The van der Waals surface area contributed by atoms with Gasteiger partial charge < -0.3 is 9.73 Å². The Bertz CT molecular complexity index is 684. The number of hydrogen-bond acceptors (Lipinski definition) is 6. The molecule has 1 aromatic heterocycles. The molecular formula is C19H26N4O2S. The maximum absolute atomic E-state index is 12.0. The second kappa shape index (κ2) is 9.75. The molecule has 2 aromatic rings. The highest BCUT2D eigenvalue weighted by atomic mass is 32.2. The zero-order valence-electron chi connectivity index (χ0n) is 15.2. The van der Waals surface area contributed by atoms with Crippen molar-refractivity contribution in [1.82, 2.24) is 20.1 Å². The first-order valence-corrected chi connectivity index (χ1v) is 10.3. The van der Waals surface area contributed by atoms with E-state index in [1.54, 1.807) is 11.8 Å². The molecule has 2 heterocycles. The fraction of sp³-hybridized carbons (Fsp3) is 0.474. The van der Waals surface area contributed by atoms with Crippen LogP contribution in [0.25, 0.3) is 0 Å². The van der Waals surface area contributed by atoms with E-state index in [9.17, 15) is 4.79 Å². The van der Waals surface area contributed by atoms with Crippen LogP contribution in [-0.2, 0) is 13.1 Å². The summed E-state index contributed by atoms with van der Waals surface area (Å²) in [7, 11) is 0. The molecular weight excluding hydrogens is 348 g/mol. The highest BCUT2D eigenvalue weighted by molar-refractivity contribution is 7.98. The lowest BCUT2D eigenvalue weighted by atomic mass is 10.2. The van der Waals surface area contributed by atoms with Crippen LogP contribution in [0.3, 0.4) is 0 Å². The first-order chi connectivity index (χ1) is 12.7. The van der Waals surface area contributed by atoms with Crippen molar-refractivity contribution in [1.29, 1.82) is 0 Å². The Balaban J connectivity index is 1.42. The number of rotatable bonds is 8. The van der Waals surface area contributed by atoms with E-state index < -0.39 is 0 Å². The van der Waals surface area contributed by atoms with Crippen molar-refractivity contribution in [3.05, 3.63) is 53.7 Å². The molecule has 0 bridgehead atoms.